The van der Waals surface area contributed by atoms with Crippen molar-refractivity contribution in [3.8, 4) is 5.75 Å². The zero-order chi connectivity index (χ0) is 21.3. The Morgan fingerprint density at radius 3 is 2.83 bits per heavy atom. The summed E-state index contributed by atoms with van der Waals surface area (Å²) in [5.74, 6) is 0.419. The number of rotatable bonds is 5. The van der Waals surface area contributed by atoms with E-state index in [2.05, 4.69) is 26.2 Å². The fourth-order valence-electron chi connectivity index (χ4n) is 3.36. The number of hydrogen-bond donors (Lipinski definition) is 2. The van der Waals surface area contributed by atoms with E-state index in [0.29, 0.717) is 34.2 Å². The molecule has 2 heterocycles. The van der Waals surface area contributed by atoms with Crippen molar-refractivity contribution in [1.82, 2.24) is 20.2 Å². The molecular weight excluding hydrogens is 390 g/mol. The van der Waals surface area contributed by atoms with Gasteiger partial charge < -0.3 is 15.4 Å². The highest BCUT2D eigenvalue weighted by Crippen LogP contribution is 2.36. The number of carbonyl (C=O) groups excluding carboxylic acids is 1. The van der Waals surface area contributed by atoms with Crippen molar-refractivity contribution in [3.05, 3.63) is 75.5 Å². The summed E-state index contributed by atoms with van der Waals surface area (Å²) < 4.78 is 6.72. The van der Waals surface area contributed by atoms with Crippen molar-refractivity contribution in [2.24, 2.45) is 0 Å². The third-order valence-electron chi connectivity index (χ3n) is 4.71. The number of hydrogen-bond acceptors (Lipinski definition) is 8. The van der Waals surface area contributed by atoms with Gasteiger partial charge >= 0.3 is 0 Å². The van der Waals surface area contributed by atoms with Gasteiger partial charge in [-0.2, -0.15) is 4.68 Å². The minimum atomic E-state index is -0.758. The first kappa shape index (κ1) is 19.1. The second kappa shape index (κ2) is 7.62. The third-order valence-corrected chi connectivity index (χ3v) is 4.71. The fourth-order valence-corrected chi connectivity index (χ4v) is 3.36. The van der Waals surface area contributed by atoms with Crippen LogP contribution in [0.2, 0.25) is 0 Å². The maximum Gasteiger partial charge on any atom is 0.269 e. The van der Waals surface area contributed by atoms with Gasteiger partial charge in [-0.25, -0.2) is 0 Å². The van der Waals surface area contributed by atoms with Crippen LogP contribution in [-0.4, -0.2) is 38.1 Å². The molecule has 1 aliphatic rings. The van der Waals surface area contributed by atoms with Gasteiger partial charge in [-0.3, -0.25) is 14.9 Å². The van der Waals surface area contributed by atoms with Gasteiger partial charge in [-0.05, 0) is 35.0 Å². The van der Waals surface area contributed by atoms with Gasteiger partial charge in [-0.1, -0.05) is 29.4 Å². The number of methoxy groups -OCH3 is 1. The first-order chi connectivity index (χ1) is 14.5. The van der Waals surface area contributed by atoms with Gasteiger partial charge in [0.25, 0.3) is 11.6 Å². The van der Waals surface area contributed by atoms with Crippen molar-refractivity contribution in [2.45, 2.75) is 13.0 Å². The van der Waals surface area contributed by atoms with Crippen LogP contribution in [0.1, 0.15) is 18.5 Å². The smallest absolute Gasteiger partial charge is 0.269 e. The van der Waals surface area contributed by atoms with E-state index in [1.165, 1.54) is 23.9 Å². The molecule has 30 heavy (non-hydrogen) atoms. The number of fused-ring (bicyclic) bond motifs is 1. The van der Waals surface area contributed by atoms with E-state index >= 15 is 0 Å². The van der Waals surface area contributed by atoms with Gasteiger partial charge in [0, 0.05) is 17.8 Å². The van der Waals surface area contributed by atoms with E-state index in [0.717, 1.165) is 0 Å². The summed E-state index contributed by atoms with van der Waals surface area (Å²) in [4.78, 5) is 24.1. The number of ether oxygens (including phenoxy) is 1. The zero-order valence-corrected chi connectivity index (χ0v) is 16.1. The van der Waals surface area contributed by atoms with Crippen LogP contribution in [0.4, 0.5) is 17.3 Å². The first-order valence-electron chi connectivity index (χ1n) is 8.94. The highest BCUT2D eigenvalue weighted by Gasteiger charge is 2.35. The van der Waals surface area contributed by atoms with Crippen LogP contribution in [0, 0.1) is 10.1 Å². The van der Waals surface area contributed by atoms with Gasteiger partial charge in [0.15, 0.2) is 0 Å². The zero-order valence-electron chi connectivity index (χ0n) is 16.1. The summed E-state index contributed by atoms with van der Waals surface area (Å²) in [5.41, 5.74) is 1.75. The molecule has 11 nitrogen and oxygen atoms in total. The summed E-state index contributed by atoms with van der Waals surface area (Å²) in [5, 5.41) is 28.7. The summed E-state index contributed by atoms with van der Waals surface area (Å²) in [6.07, 6.45) is 0. The minimum absolute atomic E-state index is 0.0946. The Kier molecular flexibility index (Phi) is 4.84. The number of carbonyl (C=O) groups is 1. The Morgan fingerprint density at radius 1 is 1.27 bits per heavy atom. The molecule has 11 heteroatoms. The highest BCUT2D eigenvalue weighted by atomic mass is 16.6. The number of benzene rings is 2. The summed E-state index contributed by atoms with van der Waals surface area (Å²) in [6, 6.07) is 12.3. The molecule has 0 radical (unpaired) electrons. The van der Waals surface area contributed by atoms with Crippen molar-refractivity contribution in [2.75, 3.05) is 17.7 Å². The maximum atomic E-state index is 13.3. The molecule has 2 N–H and O–H groups in total. The molecule has 1 amide bonds. The summed E-state index contributed by atoms with van der Waals surface area (Å²) in [6.45, 7) is 1.72. The van der Waals surface area contributed by atoms with Crippen LogP contribution in [0.15, 0.2) is 59.8 Å². The van der Waals surface area contributed by atoms with E-state index < -0.39 is 16.9 Å². The van der Waals surface area contributed by atoms with E-state index in [4.69, 9.17) is 4.74 Å². The highest BCUT2D eigenvalue weighted by molar-refractivity contribution is 6.06. The number of nitro groups is 1. The number of nitrogens with zero attached hydrogens (tertiary/aromatic N) is 5. The molecule has 1 atom stereocenters. The van der Waals surface area contributed by atoms with Crippen molar-refractivity contribution in [3.63, 3.8) is 0 Å². The van der Waals surface area contributed by atoms with Crippen molar-refractivity contribution >= 4 is 23.2 Å². The average Bonchev–Trinajstić information content (AvgIpc) is 3.21. The molecule has 0 unspecified atom stereocenters. The van der Waals surface area contributed by atoms with Gasteiger partial charge in [0.05, 0.1) is 23.3 Å². The van der Waals surface area contributed by atoms with Gasteiger partial charge in [-0.15, -0.1) is 0 Å². The second-order valence-corrected chi connectivity index (χ2v) is 6.52. The molecular formula is C19H17N7O4. The lowest BCUT2D eigenvalue weighted by Crippen LogP contribution is -2.31. The van der Waals surface area contributed by atoms with E-state index in [1.807, 2.05) is 0 Å². The number of amides is 1. The molecule has 0 bridgehead atoms. The Labute approximate surface area is 170 Å². The lowest BCUT2D eigenvalue weighted by Gasteiger charge is -2.28. The quantitative estimate of drug-likeness (QED) is 0.486. The van der Waals surface area contributed by atoms with Crippen molar-refractivity contribution < 1.29 is 14.5 Å². The first-order valence-corrected chi connectivity index (χ1v) is 8.94. The number of nitro benzene ring substituents is 1. The molecule has 0 saturated carbocycles. The topological polar surface area (TPSA) is 137 Å². The van der Waals surface area contributed by atoms with E-state index in [-0.39, 0.29) is 5.69 Å². The minimum Gasteiger partial charge on any atom is -0.495 e. The predicted octanol–water partition coefficient (Wildman–Crippen LogP) is 2.52. The Hall–Kier alpha value is -4.28. The Morgan fingerprint density at radius 2 is 2.07 bits per heavy atom. The third kappa shape index (κ3) is 3.32. The van der Waals surface area contributed by atoms with Crippen LogP contribution in [0.3, 0.4) is 0 Å². The molecule has 3 aromatic rings. The van der Waals surface area contributed by atoms with Crippen LogP contribution >= 0.6 is 0 Å². The van der Waals surface area contributed by atoms with Gasteiger partial charge in [0.2, 0.25) is 5.95 Å². The fraction of sp³-hybridized carbons (Fsp3) is 0.158. The predicted molar refractivity (Wildman–Crippen MR) is 107 cm³/mol. The number of non-ortho nitro benzene ring substituents is 1. The second-order valence-electron chi connectivity index (χ2n) is 6.52. The van der Waals surface area contributed by atoms with Crippen molar-refractivity contribution in [1.29, 1.82) is 0 Å². The van der Waals surface area contributed by atoms with Crippen LogP contribution in [0.25, 0.3) is 0 Å². The molecule has 152 valence electrons. The molecule has 0 fully saturated rings. The van der Waals surface area contributed by atoms with Crippen LogP contribution in [-0.2, 0) is 4.79 Å². The summed E-state index contributed by atoms with van der Waals surface area (Å²) >= 11 is 0. The Bertz CT molecular complexity index is 1170. The molecule has 0 saturated heterocycles. The maximum absolute atomic E-state index is 13.3. The molecule has 0 spiro atoms. The SMILES string of the molecule is COc1ccccc1NC(=O)C1=C(C)Nc2nnnn2[C@H]1c1cccc([N+](=O)[O-])c1. The molecule has 1 aromatic heterocycles. The van der Waals surface area contributed by atoms with E-state index in [9.17, 15) is 14.9 Å². The molecule has 4 rings (SSSR count). The normalized spacial score (nSPS) is 15.2. The standard InChI is InChI=1S/C19H17N7O4/c1-11-16(18(27)21-14-8-3-4-9-15(14)30-2)17(25-19(20-11)22-23-24-25)12-6-5-7-13(10-12)26(28)29/h3-10,17H,1-2H3,(H,21,27)(H,20,22,24)/t17-/m0/s1. The number of tetrazole rings is 1. The van der Waals surface area contributed by atoms with Crippen LogP contribution < -0.4 is 15.4 Å². The summed E-state index contributed by atoms with van der Waals surface area (Å²) in [7, 11) is 1.51. The monoisotopic (exact) mass is 407 g/mol. The molecule has 0 aliphatic carbocycles. The number of anilines is 2. The number of nitrogens with one attached hydrogen (secondary N) is 2. The number of allylic oxidation sites excluding steroid dienone is 1. The van der Waals surface area contributed by atoms with Gasteiger partial charge in [0.1, 0.15) is 11.8 Å². The number of para-hydroxylation sites is 2. The van der Waals surface area contributed by atoms with E-state index in [1.54, 1.807) is 43.3 Å². The number of aromatic nitrogens is 4. The largest absolute Gasteiger partial charge is 0.495 e. The molecule has 2 aromatic carbocycles. The average molecular weight is 407 g/mol. The van der Waals surface area contributed by atoms with Crippen LogP contribution in [0.5, 0.6) is 5.75 Å². The molecule has 1 aliphatic heterocycles. The lowest BCUT2D eigenvalue weighted by molar-refractivity contribution is -0.384. The lowest BCUT2D eigenvalue weighted by atomic mass is 9.94. The Balaban J connectivity index is 1.79.